The van der Waals surface area contributed by atoms with Gasteiger partial charge in [-0.3, -0.25) is 20.2 Å². The van der Waals surface area contributed by atoms with Crippen molar-refractivity contribution in [3.05, 3.63) is 17.4 Å². The number of morpholine rings is 1. The minimum atomic E-state index is -1.78. The Bertz CT molecular complexity index is 1370. The number of carbonyl (C=O) groups excluding carboxylic acids is 4. The second-order valence-corrected chi connectivity index (χ2v) is 10.2. The van der Waals surface area contributed by atoms with E-state index in [1.54, 1.807) is 31.7 Å². The number of anilines is 2. The Balaban J connectivity index is 1.55. The summed E-state index contributed by atoms with van der Waals surface area (Å²) in [6, 6.07) is -0.805. The van der Waals surface area contributed by atoms with Crippen LogP contribution in [0.1, 0.15) is 26.3 Å². The highest BCUT2D eigenvalue weighted by atomic mass is 19.1. The number of halogens is 1. The first kappa shape index (κ1) is 24.6. The number of barbiturate groups is 1. The zero-order chi connectivity index (χ0) is 27.1. The van der Waals surface area contributed by atoms with Crippen LogP contribution in [0.15, 0.2) is 10.6 Å². The number of nitrogens with zero attached hydrogens (tertiary/aromatic N) is 3. The fraction of sp³-hybridized carbons (Fsp3) is 0.542. The lowest BCUT2D eigenvalue weighted by molar-refractivity contribution is -0.153. The number of hydrogen-bond acceptors (Lipinski definition) is 10. The molecule has 5 amide bonds. The third-order valence-corrected chi connectivity index (χ3v) is 7.99. The maximum absolute atomic E-state index is 16.3. The number of ether oxygens (including phenoxy) is 3. The number of aromatic nitrogens is 1. The predicted molar refractivity (Wildman–Crippen MR) is 127 cm³/mol. The lowest BCUT2D eigenvalue weighted by Gasteiger charge is -2.55. The monoisotopic (exact) mass is 531 g/mol. The first-order chi connectivity index (χ1) is 18.1. The van der Waals surface area contributed by atoms with E-state index in [0.29, 0.717) is 5.56 Å². The van der Waals surface area contributed by atoms with Crippen LogP contribution in [0.2, 0.25) is 0 Å². The standard InChI is InChI=1S/C24H26FN5O8/c1-9-7-29-16-12(6-24(18(29)11(3)37-9)20(31)26-22(33)27-21(24)32)5-13-17(15(16)25)38-28-19(13)30-14(10(2)35-4)8-36-23(30)34/h5,9-11,14,18H,6-8H2,1-4H3,(H2,26,27,31,32,33)/t9-,10-,11+,14-,18-/m1/s1. The summed E-state index contributed by atoms with van der Waals surface area (Å²) >= 11 is 0. The molecule has 0 saturated carbocycles. The van der Waals surface area contributed by atoms with E-state index in [2.05, 4.69) is 15.8 Å². The Hall–Kier alpha value is -3.78. The topological polar surface area (TPSA) is 153 Å². The molecule has 0 aliphatic carbocycles. The van der Waals surface area contributed by atoms with Gasteiger partial charge in [-0.2, -0.15) is 0 Å². The number of rotatable bonds is 3. The van der Waals surface area contributed by atoms with Crippen LogP contribution in [0, 0.1) is 11.2 Å². The van der Waals surface area contributed by atoms with Gasteiger partial charge in [0.05, 0.1) is 35.4 Å². The molecular formula is C24H26FN5O8. The van der Waals surface area contributed by atoms with Crippen LogP contribution in [-0.4, -0.2) is 79.8 Å². The van der Waals surface area contributed by atoms with Crippen molar-refractivity contribution in [1.82, 2.24) is 15.8 Å². The van der Waals surface area contributed by atoms with E-state index in [1.165, 1.54) is 12.0 Å². The van der Waals surface area contributed by atoms with E-state index in [0.717, 1.165) is 0 Å². The Morgan fingerprint density at radius 3 is 2.61 bits per heavy atom. The molecule has 0 bridgehead atoms. The summed E-state index contributed by atoms with van der Waals surface area (Å²) in [5.74, 6) is -2.29. The highest BCUT2D eigenvalue weighted by Crippen LogP contribution is 2.50. The number of urea groups is 1. The van der Waals surface area contributed by atoms with Crippen LogP contribution in [0.4, 0.5) is 25.5 Å². The summed E-state index contributed by atoms with van der Waals surface area (Å²) in [5, 5.41) is 8.58. The molecule has 1 aromatic heterocycles. The quantitative estimate of drug-likeness (QED) is 0.553. The second-order valence-electron chi connectivity index (χ2n) is 10.2. The van der Waals surface area contributed by atoms with Gasteiger partial charge in [-0.05, 0) is 32.4 Å². The molecule has 6 rings (SSSR count). The van der Waals surface area contributed by atoms with E-state index in [-0.39, 0.29) is 48.2 Å². The molecule has 0 radical (unpaired) electrons. The van der Waals surface area contributed by atoms with E-state index in [4.69, 9.17) is 18.7 Å². The molecule has 38 heavy (non-hydrogen) atoms. The summed E-state index contributed by atoms with van der Waals surface area (Å²) in [4.78, 5) is 54.2. The molecule has 14 heteroatoms. The van der Waals surface area contributed by atoms with Gasteiger partial charge in [-0.1, -0.05) is 5.16 Å². The molecule has 3 saturated heterocycles. The molecule has 2 aromatic rings. The van der Waals surface area contributed by atoms with Gasteiger partial charge in [0, 0.05) is 20.1 Å². The summed E-state index contributed by atoms with van der Waals surface area (Å²) in [6.45, 7) is 5.48. The number of fused-ring (bicyclic) bond motifs is 5. The molecule has 5 heterocycles. The zero-order valence-corrected chi connectivity index (χ0v) is 21.1. The van der Waals surface area contributed by atoms with Crippen molar-refractivity contribution in [2.75, 3.05) is 30.1 Å². The first-order valence-corrected chi connectivity index (χ1v) is 12.3. The summed E-state index contributed by atoms with van der Waals surface area (Å²) in [7, 11) is 1.49. The molecule has 0 unspecified atom stereocenters. The number of imide groups is 2. The van der Waals surface area contributed by atoms with E-state index in [1.807, 2.05) is 0 Å². The summed E-state index contributed by atoms with van der Waals surface area (Å²) < 4.78 is 38.3. The van der Waals surface area contributed by atoms with Gasteiger partial charge in [0.15, 0.2) is 17.1 Å². The lowest BCUT2D eigenvalue weighted by Crippen LogP contribution is -2.75. The number of nitrogens with one attached hydrogen (secondary N) is 2. The average molecular weight is 531 g/mol. The molecule has 4 aliphatic rings. The number of carbonyl (C=O) groups is 4. The molecule has 2 N–H and O–H groups in total. The van der Waals surface area contributed by atoms with Gasteiger partial charge in [0.2, 0.25) is 17.4 Å². The fourth-order valence-electron chi connectivity index (χ4n) is 6.29. The number of hydrogen-bond donors (Lipinski definition) is 2. The first-order valence-electron chi connectivity index (χ1n) is 12.3. The van der Waals surface area contributed by atoms with Gasteiger partial charge < -0.3 is 23.6 Å². The molecule has 1 aromatic carbocycles. The van der Waals surface area contributed by atoms with Crippen molar-refractivity contribution >= 4 is 46.4 Å². The van der Waals surface area contributed by atoms with Crippen LogP contribution in [-0.2, 0) is 30.2 Å². The van der Waals surface area contributed by atoms with Gasteiger partial charge in [-0.25, -0.2) is 18.9 Å². The van der Waals surface area contributed by atoms with E-state index < -0.39 is 59.5 Å². The van der Waals surface area contributed by atoms with E-state index in [9.17, 15) is 19.2 Å². The molecule has 1 spiro atoms. The van der Waals surface area contributed by atoms with Gasteiger partial charge in [0.1, 0.15) is 12.6 Å². The Labute approximate surface area is 215 Å². The maximum Gasteiger partial charge on any atom is 0.416 e. The normalized spacial score (nSPS) is 29.2. The highest BCUT2D eigenvalue weighted by Gasteiger charge is 2.63. The van der Waals surface area contributed by atoms with Crippen LogP contribution in [0.5, 0.6) is 0 Å². The largest absolute Gasteiger partial charge is 0.447 e. The van der Waals surface area contributed by atoms with Gasteiger partial charge >= 0.3 is 12.1 Å². The number of amides is 5. The summed E-state index contributed by atoms with van der Waals surface area (Å²) in [6.07, 6.45) is -2.35. The van der Waals surface area contributed by atoms with Crippen LogP contribution < -0.4 is 20.4 Å². The minimum absolute atomic E-state index is 0.0331. The number of benzene rings is 1. The number of methoxy groups -OCH3 is 1. The zero-order valence-electron chi connectivity index (χ0n) is 21.1. The van der Waals surface area contributed by atoms with Crippen molar-refractivity contribution in [2.24, 2.45) is 5.41 Å². The Morgan fingerprint density at radius 1 is 1.21 bits per heavy atom. The third kappa shape index (κ3) is 3.19. The highest BCUT2D eigenvalue weighted by molar-refractivity contribution is 6.20. The van der Waals surface area contributed by atoms with Crippen LogP contribution in [0.3, 0.4) is 0 Å². The molecule has 3 fully saturated rings. The average Bonchev–Trinajstić information content (AvgIpc) is 3.44. The predicted octanol–water partition coefficient (Wildman–Crippen LogP) is 1.22. The van der Waals surface area contributed by atoms with Crippen molar-refractivity contribution in [3.8, 4) is 0 Å². The second kappa shape index (κ2) is 8.36. The third-order valence-electron chi connectivity index (χ3n) is 7.99. The fourth-order valence-corrected chi connectivity index (χ4v) is 6.29. The Morgan fingerprint density at radius 2 is 1.92 bits per heavy atom. The van der Waals surface area contributed by atoms with Crippen molar-refractivity contribution in [1.29, 1.82) is 0 Å². The molecular weight excluding hydrogens is 505 g/mol. The Kier molecular flexibility index (Phi) is 5.40. The minimum Gasteiger partial charge on any atom is -0.447 e. The maximum atomic E-state index is 16.3. The molecule has 4 aliphatic heterocycles. The number of cyclic esters (lactones) is 1. The smallest absolute Gasteiger partial charge is 0.416 e. The molecule has 13 nitrogen and oxygen atoms in total. The van der Waals surface area contributed by atoms with Crippen molar-refractivity contribution in [2.45, 2.75) is 57.6 Å². The SMILES string of the molecule is CO[C@H](C)[C@H]1COC(=O)N1c1noc2c(F)c3c(cc12)CC1(C(=O)NC(=O)NC1=O)[C@H]1[C@H](C)O[C@H](C)CN31. The van der Waals surface area contributed by atoms with Crippen LogP contribution in [0.25, 0.3) is 11.0 Å². The summed E-state index contributed by atoms with van der Waals surface area (Å²) in [5.41, 5.74) is -1.49. The van der Waals surface area contributed by atoms with Crippen molar-refractivity contribution < 1.29 is 42.3 Å². The molecule has 5 atom stereocenters. The van der Waals surface area contributed by atoms with Gasteiger partial charge in [0.25, 0.3) is 0 Å². The van der Waals surface area contributed by atoms with Gasteiger partial charge in [-0.15, -0.1) is 0 Å². The van der Waals surface area contributed by atoms with Crippen LogP contribution >= 0.6 is 0 Å². The molecule has 202 valence electrons. The van der Waals surface area contributed by atoms with Crippen molar-refractivity contribution in [3.63, 3.8) is 0 Å². The van der Waals surface area contributed by atoms with E-state index >= 15 is 4.39 Å². The lowest BCUT2D eigenvalue weighted by atomic mass is 9.66.